The Labute approximate surface area is 108 Å². The number of ether oxygens (including phenoxy) is 1. The third-order valence-corrected chi connectivity index (χ3v) is 4.43. The van der Waals surface area contributed by atoms with Crippen molar-refractivity contribution in [2.75, 3.05) is 13.2 Å². The molecular weight excluding hydrogens is 224 g/mol. The Morgan fingerprint density at radius 2 is 1.83 bits per heavy atom. The van der Waals surface area contributed by atoms with Gasteiger partial charge >= 0.3 is 0 Å². The predicted octanol–water partition coefficient (Wildman–Crippen LogP) is 3.10. The van der Waals surface area contributed by atoms with Crippen LogP contribution in [-0.2, 0) is 14.9 Å². The Balaban J connectivity index is 1.68. The quantitative estimate of drug-likeness (QED) is 0.813. The van der Waals surface area contributed by atoms with Gasteiger partial charge in [0, 0.05) is 19.6 Å². The Kier molecular flexibility index (Phi) is 3.21. The molecule has 0 amide bonds. The fourth-order valence-electron chi connectivity index (χ4n) is 3.02. The second-order valence-corrected chi connectivity index (χ2v) is 5.63. The molecule has 1 aliphatic carbocycles. The third-order valence-electron chi connectivity index (χ3n) is 4.43. The maximum atomic E-state index is 12.6. The van der Waals surface area contributed by atoms with Crippen LogP contribution in [0, 0.1) is 5.92 Å². The summed E-state index contributed by atoms with van der Waals surface area (Å²) in [6, 6.07) is 10.3. The van der Waals surface area contributed by atoms with Crippen LogP contribution in [0.4, 0.5) is 0 Å². The molecule has 0 atom stereocenters. The van der Waals surface area contributed by atoms with Crippen molar-refractivity contribution < 1.29 is 9.53 Å². The van der Waals surface area contributed by atoms with Gasteiger partial charge in [-0.3, -0.25) is 4.79 Å². The summed E-state index contributed by atoms with van der Waals surface area (Å²) in [4.78, 5) is 12.6. The highest BCUT2D eigenvalue weighted by Gasteiger charge is 2.50. The highest BCUT2D eigenvalue weighted by Crippen LogP contribution is 2.50. The zero-order chi connectivity index (χ0) is 12.4. The number of hydrogen-bond acceptors (Lipinski definition) is 2. The summed E-state index contributed by atoms with van der Waals surface area (Å²) in [5.41, 5.74) is 1.10. The predicted molar refractivity (Wildman–Crippen MR) is 70.5 cm³/mol. The number of carbonyl (C=O) groups is 1. The second kappa shape index (κ2) is 4.85. The van der Waals surface area contributed by atoms with E-state index in [1.807, 2.05) is 18.2 Å². The molecule has 0 bridgehead atoms. The van der Waals surface area contributed by atoms with Crippen LogP contribution in [0.2, 0.25) is 0 Å². The summed E-state index contributed by atoms with van der Waals surface area (Å²) < 4.78 is 5.36. The van der Waals surface area contributed by atoms with Crippen LogP contribution in [0.3, 0.4) is 0 Å². The number of benzene rings is 1. The van der Waals surface area contributed by atoms with Crippen LogP contribution in [0.5, 0.6) is 0 Å². The van der Waals surface area contributed by atoms with Gasteiger partial charge in [0.25, 0.3) is 0 Å². The van der Waals surface area contributed by atoms with E-state index in [4.69, 9.17) is 4.74 Å². The van der Waals surface area contributed by atoms with Crippen molar-refractivity contribution in [3.8, 4) is 0 Å². The summed E-state index contributed by atoms with van der Waals surface area (Å²) in [6.45, 7) is 1.66. The van der Waals surface area contributed by atoms with E-state index in [0.717, 1.165) is 45.3 Å². The van der Waals surface area contributed by atoms with Crippen molar-refractivity contribution >= 4 is 5.78 Å². The zero-order valence-corrected chi connectivity index (χ0v) is 10.7. The monoisotopic (exact) mass is 244 g/mol. The SMILES string of the molecule is O=C(CC1CCOCC1)C1(c2ccccc2)CC1. The molecule has 2 heteroatoms. The molecule has 2 fully saturated rings. The maximum Gasteiger partial charge on any atom is 0.143 e. The molecule has 18 heavy (non-hydrogen) atoms. The Bertz CT molecular complexity index is 414. The van der Waals surface area contributed by atoms with Gasteiger partial charge < -0.3 is 4.74 Å². The molecule has 0 radical (unpaired) electrons. The van der Waals surface area contributed by atoms with Crippen molar-refractivity contribution in [3.63, 3.8) is 0 Å². The fourth-order valence-corrected chi connectivity index (χ4v) is 3.02. The number of Topliss-reactive ketones (excluding diaryl/α,β-unsaturated/α-hetero) is 1. The average Bonchev–Trinajstić information content (AvgIpc) is 3.22. The van der Waals surface area contributed by atoms with Gasteiger partial charge in [-0.2, -0.15) is 0 Å². The lowest BCUT2D eigenvalue weighted by molar-refractivity contribution is -0.123. The molecule has 96 valence electrons. The summed E-state index contributed by atoms with van der Waals surface area (Å²) in [5.74, 6) is 1.01. The first-order valence-electron chi connectivity index (χ1n) is 6.98. The van der Waals surface area contributed by atoms with Crippen molar-refractivity contribution in [2.45, 2.75) is 37.5 Å². The van der Waals surface area contributed by atoms with E-state index < -0.39 is 0 Å². The van der Waals surface area contributed by atoms with Crippen LogP contribution in [0.25, 0.3) is 0 Å². The molecule has 2 nitrogen and oxygen atoms in total. The molecule has 3 rings (SSSR count). The van der Waals surface area contributed by atoms with E-state index in [1.54, 1.807) is 0 Å². The van der Waals surface area contributed by atoms with Crippen LogP contribution in [-0.4, -0.2) is 19.0 Å². The first-order chi connectivity index (χ1) is 8.81. The fraction of sp³-hybridized carbons (Fsp3) is 0.562. The van der Waals surface area contributed by atoms with Crippen molar-refractivity contribution in [3.05, 3.63) is 35.9 Å². The Morgan fingerprint density at radius 1 is 1.17 bits per heavy atom. The van der Waals surface area contributed by atoms with Crippen LogP contribution in [0.15, 0.2) is 30.3 Å². The normalized spacial score (nSPS) is 22.7. The van der Waals surface area contributed by atoms with E-state index in [-0.39, 0.29) is 5.41 Å². The minimum atomic E-state index is -0.125. The molecule has 1 saturated carbocycles. The number of rotatable bonds is 4. The average molecular weight is 244 g/mol. The number of carbonyl (C=O) groups excluding carboxylic acids is 1. The lowest BCUT2D eigenvalue weighted by atomic mass is 9.84. The molecule has 1 saturated heterocycles. The van der Waals surface area contributed by atoms with E-state index in [0.29, 0.717) is 11.7 Å². The van der Waals surface area contributed by atoms with Crippen LogP contribution in [0.1, 0.15) is 37.7 Å². The van der Waals surface area contributed by atoms with E-state index in [2.05, 4.69) is 12.1 Å². The van der Waals surface area contributed by atoms with Crippen molar-refractivity contribution in [2.24, 2.45) is 5.92 Å². The highest BCUT2D eigenvalue weighted by molar-refractivity contribution is 5.93. The summed E-state index contributed by atoms with van der Waals surface area (Å²) >= 11 is 0. The smallest absolute Gasteiger partial charge is 0.143 e. The largest absolute Gasteiger partial charge is 0.381 e. The lowest BCUT2D eigenvalue weighted by Crippen LogP contribution is -2.26. The second-order valence-electron chi connectivity index (χ2n) is 5.63. The Hall–Kier alpha value is -1.15. The Morgan fingerprint density at radius 3 is 2.44 bits per heavy atom. The molecule has 0 unspecified atom stereocenters. The maximum absolute atomic E-state index is 12.6. The topological polar surface area (TPSA) is 26.3 Å². The molecule has 0 N–H and O–H groups in total. The van der Waals surface area contributed by atoms with E-state index in [9.17, 15) is 4.79 Å². The standard InChI is InChI=1S/C16H20O2/c17-15(12-13-6-10-18-11-7-13)16(8-9-16)14-4-2-1-3-5-14/h1-5,13H,6-12H2. The zero-order valence-electron chi connectivity index (χ0n) is 10.7. The van der Waals surface area contributed by atoms with Gasteiger partial charge in [-0.1, -0.05) is 30.3 Å². The van der Waals surface area contributed by atoms with E-state index >= 15 is 0 Å². The van der Waals surface area contributed by atoms with Gasteiger partial charge in [-0.05, 0) is 37.2 Å². The number of hydrogen-bond donors (Lipinski definition) is 0. The minimum absolute atomic E-state index is 0.125. The van der Waals surface area contributed by atoms with Gasteiger partial charge in [-0.25, -0.2) is 0 Å². The number of ketones is 1. The van der Waals surface area contributed by atoms with Gasteiger partial charge in [0.15, 0.2) is 0 Å². The summed E-state index contributed by atoms with van der Waals surface area (Å²) in [5, 5.41) is 0. The van der Waals surface area contributed by atoms with Gasteiger partial charge in [0.05, 0.1) is 5.41 Å². The summed E-state index contributed by atoms with van der Waals surface area (Å²) in [6.07, 6.45) is 4.93. The van der Waals surface area contributed by atoms with Crippen LogP contribution >= 0.6 is 0 Å². The van der Waals surface area contributed by atoms with Gasteiger partial charge in [0.2, 0.25) is 0 Å². The molecule has 1 aromatic carbocycles. The molecule has 1 aromatic rings. The van der Waals surface area contributed by atoms with Crippen LogP contribution < -0.4 is 0 Å². The molecule has 0 spiro atoms. The molecule has 1 heterocycles. The highest BCUT2D eigenvalue weighted by atomic mass is 16.5. The molecule has 2 aliphatic rings. The van der Waals surface area contributed by atoms with Gasteiger partial charge in [-0.15, -0.1) is 0 Å². The molecule has 1 aliphatic heterocycles. The van der Waals surface area contributed by atoms with E-state index in [1.165, 1.54) is 5.56 Å². The molecular formula is C16H20O2. The first-order valence-corrected chi connectivity index (χ1v) is 6.98. The third kappa shape index (κ3) is 2.22. The van der Waals surface area contributed by atoms with Crippen molar-refractivity contribution in [1.29, 1.82) is 0 Å². The summed E-state index contributed by atoms with van der Waals surface area (Å²) in [7, 11) is 0. The lowest BCUT2D eigenvalue weighted by Gasteiger charge is -2.23. The first kappa shape index (κ1) is 11.9. The minimum Gasteiger partial charge on any atom is -0.381 e. The molecule has 0 aromatic heterocycles. The van der Waals surface area contributed by atoms with Crippen molar-refractivity contribution in [1.82, 2.24) is 0 Å². The van der Waals surface area contributed by atoms with Gasteiger partial charge in [0.1, 0.15) is 5.78 Å².